The summed E-state index contributed by atoms with van der Waals surface area (Å²) in [6.45, 7) is 4.34. The molecule has 2 atom stereocenters. The van der Waals surface area contributed by atoms with Crippen LogP contribution in [0.3, 0.4) is 0 Å². The maximum Gasteiger partial charge on any atom is 0.472 e. The number of hydrogen-bond acceptors (Lipinski definition) is 7. The maximum absolute atomic E-state index is 12.9. The van der Waals surface area contributed by atoms with E-state index in [9.17, 15) is 19.0 Å². The highest BCUT2D eigenvalue weighted by molar-refractivity contribution is 7.47. The van der Waals surface area contributed by atoms with Crippen LogP contribution in [-0.2, 0) is 32.7 Å². The molecule has 0 bridgehead atoms. The lowest BCUT2D eigenvalue weighted by Crippen LogP contribution is -2.37. The van der Waals surface area contributed by atoms with E-state index in [2.05, 4.69) is 111 Å². The van der Waals surface area contributed by atoms with E-state index in [0.717, 1.165) is 77.0 Å². The number of allylic oxidation sites excluding steroid dienone is 16. The number of quaternary nitrogens is 1. The molecule has 82 heavy (non-hydrogen) atoms. The Hall–Kier alpha value is -3.07. The highest BCUT2D eigenvalue weighted by Gasteiger charge is 2.27. The Balaban J connectivity index is 4.00. The van der Waals surface area contributed by atoms with E-state index in [1.165, 1.54) is 186 Å². The summed E-state index contributed by atoms with van der Waals surface area (Å²) >= 11 is 0. The molecule has 2 unspecified atom stereocenters. The van der Waals surface area contributed by atoms with Crippen molar-refractivity contribution in [2.45, 2.75) is 302 Å². The van der Waals surface area contributed by atoms with Crippen LogP contribution in [0.4, 0.5) is 0 Å². The molecule has 0 aromatic carbocycles. The van der Waals surface area contributed by atoms with E-state index in [1.54, 1.807) is 0 Å². The second-order valence-corrected chi connectivity index (χ2v) is 25.3. The van der Waals surface area contributed by atoms with Crippen LogP contribution in [0.25, 0.3) is 0 Å². The molecule has 0 fully saturated rings. The van der Waals surface area contributed by atoms with E-state index in [0.29, 0.717) is 17.4 Å². The number of ether oxygens (including phenoxy) is 2. The molecule has 0 aromatic rings. The number of carbonyl (C=O) groups excluding carboxylic acids is 2. The van der Waals surface area contributed by atoms with Crippen LogP contribution < -0.4 is 0 Å². The van der Waals surface area contributed by atoms with E-state index < -0.39 is 26.5 Å². The summed E-state index contributed by atoms with van der Waals surface area (Å²) in [4.78, 5) is 35.8. The van der Waals surface area contributed by atoms with E-state index in [-0.39, 0.29) is 32.0 Å². The van der Waals surface area contributed by atoms with Crippen molar-refractivity contribution >= 4 is 19.8 Å². The Kier molecular flexibility index (Phi) is 60.1. The molecule has 0 aliphatic heterocycles. The number of unbranched alkanes of at least 4 members (excludes halogenated alkanes) is 32. The van der Waals surface area contributed by atoms with Gasteiger partial charge in [-0.2, -0.15) is 0 Å². The number of phosphoric acid groups is 1. The summed E-state index contributed by atoms with van der Waals surface area (Å²) in [5, 5.41) is 0. The van der Waals surface area contributed by atoms with Gasteiger partial charge in [0.25, 0.3) is 0 Å². The van der Waals surface area contributed by atoms with Gasteiger partial charge in [0.15, 0.2) is 6.10 Å². The van der Waals surface area contributed by atoms with E-state index in [1.807, 2.05) is 21.1 Å². The second-order valence-electron chi connectivity index (χ2n) is 23.8. The van der Waals surface area contributed by atoms with Gasteiger partial charge in [-0.3, -0.25) is 18.6 Å². The van der Waals surface area contributed by atoms with Crippen molar-refractivity contribution in [1.82, 2.24) is 0 Å². The minimum atomic E-state index is -4.39. The summed E-state index contributed by atoms with van der Waals surface area (Å²) < 4.78 is 34.7. The minimum absolute atomic E-state index is 0.0301. The second kappa shape index (κ2) is 62.5. The summed E-state index contributed by atoms with van der Waals surface area (Å²) in [6.07, 6.45) is 86.5. The van der Waals surface area contributed by atoms with Crippen molar-refractivity contribution in [2.75, 3.05) is 47.5 Å². The van der Waals surface area contributed by atoms with Gasteiger partial charge in [0.05, 0.1) is 27.7 Å². The zero-order chi connectivity index (χ0) is 59.8. The first kappa shape index (κ1) is 78.9. The fourth-order valence-electron chi connectivity index (χ4n) is 9.40. The Morgan fingerprint density at radius 2 is 0.695 bits per heavy atom. The van der Waals surface area contributed by atoms with E-state index in [4.69, 9.17) is 18.5 Å². The molecule has 0 spiro atoms. The number of carbonyl (C=O) groups is 2. The molecule has 0 saturated carbocycles. The summed E-state index contributed by atoms with van der Waals surface area (Å²) in [7, 11) is 1.48. The maximum atomic E-state index is 12.9. The smallest absolute Gasteiger partial charge is 0.462 e. The van der Waals surface area contributed by atoms with Crippen molar-refractivity contribution in [2.24, 2.45) is 0 Å². The van der Waals surface area contributed by atoms with Gasteiger partial charge in [0, 0.05) is 12.8 Å². The average Bonchev–Trinajstić information content (AvgIpc) is 3.46. The molecule has 0 aliphatic carbocycles. The van der Waals surface area contributed by atoms with Crippen molar-refractivity contribution in [3.05, 3.63) is 97.2 Å². The van der Waals surface area contributed by atoms with Gasteiger partial charge < -0.3 is 18.9 Å². The standard InChI is InChI=1S/C72H128NO8P/c1-6-8-10-12-14-16-18-20-22-24-26-27-28-29-30-31-32-33-34-35-36-37-38-39-40-41-42-43-44-45-47-49-51-53-55-57-59-61-63-65-72(75)81-70(69-80-82(76,77)79-67-66-73(3,4)5)68-78-71(74)64-62-60-58-56-54-52-50-48-46-25-23-21-19-17-15-13-11-9-7-2/h8,10,14,16,20-23,26-27,29-30,32-33,35-36,70H,6-7,9,11-13,15,17-19,24-25,28,31,34,37-69H2,1-5H3/p+1/b10-8-,16-14-,22-20-,23-21-,27-26-,30-29-,33-32-,36-35-. The largest absolute Gasteiger partial charge is 0.472 e. The fourth-order valence-corrected chi connectivity index (χ4v) is 10.1. The van der Waals surface area contributed by atoms with Crippen LogP contribution in [0, 0.1) is 0 Å². The van der Waals surface area contributed by atoms with Gasteiger partial charge in [0.2, 0.25) is 0 Å². The van der Waals surface area contributed by atoms with E-state index >= 15 is 0 Å². The normalized spacial score (nSPS) is 13.8. The van der Waals surface area contributed by atoms with Crippen molar-refractivity contribution in [3.63, 3.8) is 0 Å². The van der Waals surface area contributed by atoms with Gasteiger partial charge in [-0.05, 0) is 96.3 Å². The SMILES string of the molecule is CC/C=C\C/C=C\C/C=C\C/C=C\C/C=C\C/C=C\C/C=C\CCCCCCCCCCCCCCCCCCCC(=O)OC(COC(=O)CCCCCCCCCCC/C=C\CCCCCCCC)COP(=O)(O)OCC[N+](C)(C)C. The Morgan fingerprint density at radius 3 is 1.05 bits per heavy atom. The van der Waals surface area contributed by atoms with Gasteiger partial charge in [0.1, 0.15) is 19.8 Å². The van der Waals surface area contributed by atoms with Gasteiger partial charge >= 0.3 is 19.8 Å². The van der Waals surface area contributed by atoms with Crippen molar-refractivity contribution in [1.29, 1.82) is 0 Å². The molecule has 0 rings (SSSR count). The summed E-state index contributed by atoms with van der Waals surface area (Å²) in [5.74, 6) is -0.791. The molecule has 10 heteroatoms. The fraction of sp³-hybridized carbons (Fsp3) is 0.750. The number of hydrogen-bond donors (Lipinski definition) is 1. The van der Waals surface area contributed by atoms with Crippen LogP contribution in [0.1, 0.15) is 296 Å². The molecular weight excluding hydrogens is 1040 g/mol. The molecule has 0 heterocycles. The quantitative estimate of drug-likeness (QED) is 0.0211. The zero-order valence-electron chi connectivity index (χ0n) is 54.0. The van der Waals surface area contributed by atoms with Crippen molar-refractivity contribution < 1.29 is 42.1 Å². The first-order valence-corrected chi connectivity index (χ1v) is 35.5. The molecule has 0 saturated heterocycles. The van der Waals surface area contributed by atoms with Crippen LogP contribution in [-0.4, -0.2) is 74.9 Å². The lowest BCUT2D eigenvalue weighted by atomic mass is 10.0. The number of likely N-dealkylation sites (N-methyl/N-ethyl adjacent to an activating group) is 1. The number of phosphoric ester groups is 1. The molecule has 0 aliphatic rings. The Labute approximate surface area is 506 Å². The van der Waals surface area contributed by atoms with Gasteiger partial charge in [-0.15, -0.1) is 0 Å². The lowest BCUT2D eigenvalue weighted by molar-refractivity contribution is -0.870. The third kappa shape index (κ3) is 66.1. The lowest BCUT2D eigenvalue weighted by Gasteiger charge is -2.24. The molecule has 1 N–H and O–H groups in total. The molecule has 0 aromatic heterocycles. The monoisotopic (exact) mass is 1170 g/mol. The van der Waals surface area contributed by atoms with Crippen molar-refractivity contribution in [3.8, 4) is 0 Å². The number of rotatable bonds is 62. The van der Waals surface area contributed by atoms with Gasteiger partial charge in [-0.25, -0.2) is 4.57 Å². The minimum Gasteiger partial charge on any atom is -0.462 e. The predicted molar refractivity (Wildman–Crippen MR) is 353 cm³/mol. The Morgan fingerprint density at radius 1 is 0.390 bits per heavy atom. The predicted octanol–water partition coefficient (Wildman–Crippen LogP) is 21.9. The zero-order valence-corrected chi connectivity index (χ0v) is 54.8. The number of nitrogens with zero attached hydrogens (tertiary/aromatic N) is 1. The highest BCUT2D eigenvalue weighted by atomic mass is 31.2. The van der Waals surface area contributed by atoms with Crippen LogP contribution in [0.15, 0.2) is 97.2 Å². The molecule has 9 nitrogen and oxygen atoms in total. The third-order valence-corrected chi connectivity index (χ3v) is 15.6. The summed E-state index contributed by atoms with van der Waals surface area (Å²) in [5.41, 5.74) is 0. The van der Waals surface area contributed by atoms with Gasteiger partial charge in [-0.1, -0.05) is 284 Å². The van der Waals surface area contributed by atoms with Crippen LogP contribution in [0.5, 0.6) is 0 Å². The average molecular weight is 1170 g/mol. The highest BCUT2D eigenvalue weighted by Crippen LogP contribution is 2.43. The molecule has 474 valence electrons. The Bertz CT molecular complexity index is 1710. The number of esters is 2. The van der Waals surface area contributed by atoms with Crippen LogP contribution >= 0.6 is 7.82 Å². The molecule has 0 amide bonds. The third-order valence-electron chi connectivity index (χ3n) is 14.6. The first-order chi connectivity index (χ1) is 40.0. The molecule has 0 radical (unpaired) electrons. The first-order valence-electron chi connectivity index (χ1n) is 34.0. The summed E-state index contributed by atoms with van der Waals surface area (Å²) in [6, 6.07) is 0. The molecular formula is C72H129NO8P+. The van der Waals surface area contributed by atoms with Crippen LogP contribution in [0.2, 0.25) is 0 Å². The topological polar surface area (TPSA) is 108 Å².